The smallest absolute Gasteiger partial charge is 0.200 e. The fourth-order valence-corrected chi connectivity index (χ4v) is 13.3. The van der Waals surface area contributed by atoms with Crippen molar-refractivity contribution >= 4 is 110 Å². The minimum atomic E-state index is 0.0000682. The van der Waals surface area contributed by atoms with Gasteiger partial charge in [-0.3, -0.25) is 24.0 Å². The second-order valence-corrected chi connectivity index (χ2v) is 28.0. The first-order chi connectivity index (χ1) is 49.5. The summed E-state index contributed by atoms with van der Waals surface area (Å²) >= 11 is 0. The van der Waals surface area contributed by atoms with Crippen molar-refractivity contribution in [2.24, 2.45) is 0 Å². The zero-order chi connectivity index (χ0) is 72.0. The van der Waals surface area contributed by atoms with E-state index in [0.29, 0.717) is 100 Å². The van der Waals surface area contributed by atoms with Crippen LogP contribution in [0.5, 0.6) is 0 Å². The SMILES string of the molecule is CCc1ccc(-c2cc(=O)c3cc(CP)ccc3o2)cc1.CCc1ccc(-c2coc3cc(PC)ccc3c2=O)cc1.CPc1ccc2c(=O)c(-c3ccc(C)cc3)coc2c1.Cc1ccc2c(=O)c(-c3ccc(CP)cc3)coc2c1.Cc1ccc2oc(-c3ccc(CP)cc3)cc(=O)c2c1. The van der Waals surface area contributed by atoms with Gasteiger partial charge in [0.05, 0.1) is 43.6 Å². The molecule has 15 heteroatoms. The topological polar surface area (TPSA) is 151 Å². The molecule has 5 aromatic heterocycles. The molecular weight excluding hydrogens is 1360 g/mol. The first-order valence-corrected chi connectivity index (χ1v) is 39.1. The first kappa shape index (κ1) is 73.6. The third-order valence-corrected chi connectivity index (χ3v) is 20.8. The highest BCUT2D eigenvalue weighted by Gasteiger charge is 2.15. The van der Waals surface area contributed by atoms with Crippen LogP contribution >= 0.6 is 44.9 Å². The molecule has 5 unspecified atom stereocenters. The fraction of sp³-hybridized carbons (Fsp3) is 0.138. The van der Waals surface area contributed by atoms with Crippen LogP contribution in [0.25, 0.3) is 111 Å². The van der Waals surface area contributed by atoms with Gasteiger partial charge in [0.2, 0.25) is 0 Å². The average Bonchev–Trinajstić information content (AvgIpc) is 0.821. The van der Waals surface area contributed by atoms with Crippen molar-refractivity contribution in [1.29, 1.82) is 0 Å². The van der Waals surface area contributed by atoms with E-state index in [2.05, 4.69) is 79.2 Å². The summed E-state index contributed by atoms with van der Waals surface area (Å²) in [5.41, 5.74) is 19.1. The number of hydrogen-bond donors (Lipinski definition) is 0. The standard InChI is InChI=1S/2C18H17O2P.3C17H15O2P/c1-3-12-4-6-13(7-5-12)16-11-20-17-10-14(21-2)8-9-15(17)18(16)19;1-2-12-3-6-14(7-4-12)18-10-16(19)15-9-13(11-21)5-8-17(15)20-18;1-11-3-5-12(6-4-11)15-10-19-16-9-13(20-2)7-8-14(16)17(15)18;1-11-2-7-16-14(8-11)15(18)9-17(19-16)13-5-3-12(10-20)4-6-13;1-11-2-7-14-16(8-11)19-9-15(17(14)18)13-5-3-12(10-20)4-6-13/h4-11,21H,3H2,1-2H3;3-10H,2,11,21H2,1H3;3-10,20H,1-2H3;2*2-9H,10,20H2,1H3. The summed E-state index contributed by atoms with van der Waals surface area (Å²) in [6.45, 7) is 14.4. The Kier molecular flexibility index (Phi) is 24.8. The fourth-order valence-electron chi connectivity index (χ4n) is 11.5. The summed E-state index contributed by atoms with van der Waals surface area (Å²) < 4.78 is 28.7. The van der Waals surface area contributed by atoms with Gasteiger partial charge in [0, 0.05) is 23.3 Å². The van der Waals surface area contributed by atoms with Crippen LogP contribution < -0.4 is 37.8 Å². The lowest BCUT2D eigenvalue weighted by atomic mass is 10.0. The van der Waals surface area contributed by atoms with Crippen LogP contribution in [-0.4, -0.2) is 13.3 Å². The zero-order valence-electron chi connectivity index (χ0n) is 57.9. The van der Waals surface area contributed by atoms with Crippen LogP contribution in [0.15, 0.2) is 289 Å². The van der Waals surface area contributed by atoms with Crippen LogP contribution in [0, 0.1) is 20.8 Å². The molecule has 0 aliphatic heterocycles. The molecule has 512 valence electrons. The second-order valence-electron chi connectivity index (χ2n) is 24.6. The Morgan fingerprint density at radius 2 is 0.627 bits per heavy atom. The van der Waals surface area contributed by atoms with Crippen molar-refractivity contribution in [3.8, 4) is 56.0 Å². The number of hydrogen-bond acceptors (Lipinski definition) is 10. The predicted molar refractivity (Wildman–Crippen MR) is 441 cm³/mol. The van der Waals surface area contributed by atoms with Gasteiger partial charge in [-0.25, -0.2) is 0 Å². The molecule has 0 N–H and O–H groups in total. The van der Waals surface area contributed by atoms with E-state index < -0.39 is 0 Å². The normalized spacial score (nSPS) is 11.2. The van der Waals surface area contributed by atoms with Crippen LogP contribution in [0.4, 0.5) is 0 Å². The molecule has 10 nitrogen and oxygen atoms in total. The van der Waals surface area contributed by atoms with E-state index in [0.717, 1.165) is 75.8 Å². The lowest BCUT2D eigenvalue weighted by Crippen LogP contribution is -2.06. The molecule has 15 rings (SSSR count). The van der Waals surface area contributed by atoms with Crippen LogP contribution in [-0.2, 0) is 31.3 Å². The van der Waals surface area contributed by atoms with Crippen molar-refractivity contribution in [2.45, 2.75) is 65.9 Å². The van der Waals surface area contributed by atoms with Gasteiger partial charge in [0.25, 0.3) is 0 Å². The molecule has 0 amide bonds. The Morgan fingerprint density at radius 1 is 0.304 bits per heavy atom. The molecular formula is C87H79O10P5. The van der Waals surface area contributed by atoms with Crippen molar-refractivity contribution in [2.75, 3.05) is 13.3 Å². The molecule has 5 atom stereocenters. The average molecular weight is 1440 g/mol. The van der Waals surface area contributed by atoms with Crippen LogP contribution in [0.3, 0.4) is 0 Å². The van der Waals surface area contributed by atoms with E-state index in [4.69, 9.17) is 22.1 Å². The molecule has 0 saturated heterocycles. The van der Waals surface area contributed by atoms with Crippen molar-refractivity contribution in [1.82, 2.24) is 0 Å². The Morgan fingerprint density at radius 3 is 1.03 bits per heavy atom. The third kappa shape index (κ3) is 17.6. The molecule has 0 bridgehead atoms. The molecule has 5 heterocycles. The van der Waals surface area contributed by atoms with Gasteiger partial charge >= 0.3 is 0 Å². The molecule has 15 aromatic rings. The highest BCUT2D eigenvalue weighted by molar-refractivity contribution is 7.46. The summed E-state index contributed by atoms with van der Waals surface area (Å²) in [7, 11) is 9.44. The number of rotatable bonds is 12. The molecule has 0 fully saturated rings. The van der Waals surface area contributed by atoms with Gasteiger partial charge in [-0.1, -0.05) is 194 Å². The van der Waals surface area contributed by atoms with Crippen LogP contribution in [0.1, 0.15) is 58.4 Å². The maximum atomic E-state index is 12.6. The molecule has 0 aliphatic rings. The van der Waals surface area contributed by atoms with Crippen molar-refractivity contribution < 1.29 is 22.1 Å². The first-order valence-electron chi connectivity index (χ1n) is 33.6. The minimum absolute atomic E-state index is 0.0000682. The number of benzene rings is 10. The quantitative estimate of drug-likeness (QED) is 0.108. The van der Waals surface area contributed by atoms with E-state index in [1.54, 1.807) is 30.9 Å². The Bertz CT molecular complexity index is 5780. The summed E-state index contributed by atoms with van der Waals surface area (Å²) in [6.07, 6.45) is 9.35. The van der Waals surface area contributed by atoms with Crippen molar-refractivity contribution in [3.63, 3.8) is 0 Å². The van der Waals surface area contributed by atoms with Gasteiger partial charge in [0.1, 0.15) is 58.2 Å². The largest absolute Gasteiger partial charge is 0.463 e. The maximum Gasteiger partial charge on any atom is 0.200 e. The summed E-state index contributed by atoms with van der Waals surface area (Å²) in [5.74, 6) is 1.23. The van der Waals surface area contributed by atoms with Gasteiger partial charge in [-0.15, -0.1) is 27.7 Å². The molecule has 0 radical (unpaired) electrons. The maximum absolute atomic E-state index is 12.6. The minimum Gasteiger partial charge on any atom is -0.463 e. The molecule has 102 heavy (non-hydrogen) atoms. The second kappa shape index (κ2) is 34.4. The van der Waals surface area contributed by atoms with E-state index in [9.17, 15) is 24.0 Å². The van der Waals surface area contributed by atoms with Gasteiger partial charge in [-0.05, 0) is 187 Å². The van der Waals surface area contributed by atoms with E-state index in [1.165, 1.54) is 38.4 Å². The highest BCUT2D eigenvalue weighted by Crippen LogP contribution is 2.29. The highest BCUT2D eigenvalue weighted by atomic mass is 31.1. The Labute approximate surface area is 602 Å². The third-order valence-electron chi connectivity index (χ3n) is 17.6. The molecule has 0 aliphatic carbocycles. The van der Waals surface area contributed by atoms with E-state index in [-0.39, 0.29) is 27.1 Å². The summed E-state index contributed by atoms with van der Waals surface area (Å²) in [6, 6.07) is 72.0. The molecule has 10 aromatic carbocycles. The number of aryl methyl sites for hydroxylation is 5. The zero-order valence-corrected chi connectivity index (χ0v) is 63.4. The van der Waals surface area contributed by atoms with Crippen molar-refractivity contribution in [3.05, 3.63) is 339 Å². The lowest BCUT2D eigenvalue weighted by Gasteiger charge is -2.05. The summed E-state index contributed by atoms with van der Waals surface area (Å²) in [5, 5.41) is 5.59. The van der Waals surface area contributed by atoms with Gasteiger partial charge in [-0.2, -0.15) is 0 Å². The summed E-state index contributed by atoms with van der Waals surface area (Å²) in [4.78, 5) is 62.2. The van der Waals surface area contributed by atoms with Crippen LogP contribution in [0.2, 0.25) is 0 Å². The van der Waals surface area contributed by atoms with Gasteiger partial charge in [0.15, 0.2) is 27.1 Å². The lowest BCUT2D eigenvalue weighted by molar-refractivity contribution is 0.604. The molecule has 0 spiro atoms. The van der Waals surface area contributed by atoms with Gasteiger partial charge < -0.3 is 22.1 Å². The van der Waals surface area contributed by atoms with E-state index in [1.807, 2.05) is 209 Å². The monoisotopic (exact) mass is 1440 g/mol. The predicted octanol–water partition coefficient (Wildman–Crippen LogP) is 20.3. The Balaban J connectivity index is 0.000000128. The Hall–Kier alpha value is -9.60. The molecule has 0 saturated carbocycles. The van der Waals surface area contributed by atoms with E-state index >= 15 is 0 Å². The number of fused-ring (bicyclic) bond motifs is 5.